The molecule has 0 amide bonds. The number of ether oxygens (including phenoxy) is 1. The van der Waals surface area contributed by atoms with Gasteiger partial charge in [0.05, 0.1) is 10.9 Å². The lowest BCUT2D eigenvalue weighted by Gasteiger charge is -2.16. The second-order valence-corrected chi connectivity index (χ2v) is 6.00. The predicted octanol–water partition coefficient (Wildman–Crippen LogP) is 2.04. The molecule has 0 spiro atoms. The summed E-state index contributed by atoms with van der Waals surface area (Å²) in [6.07, 6.45) is 2.56. The average Bonchev–Trinajstić information content (AvgIpc) is 3.32. The largest absolute Gasteiger partial charge is 0.486 e. The van der Waals surface area contributed by atoms with Crippen molar-refractivity contribution < 1.29 is 23.4 Å². The second kappa shape index (κ2) is 5.86. The maximum atomic E-state index is 14.8. The zero-order valence-corrected chi connectivity index (χ0v) is 12.9. The lowest BCUT2D eigenvalue weighted by Crippen LogP contribution is -2.25. The van der Waals surface area contributed by atoms with Gasteiger partial charge in [0.2, 0.25) is 5.43 Å². The van der Waals surface area contributed by atoms with Crippen molar-refractivity contribution in [2.75, 3.05) is 6.61 Å². The molecule has 3 rings (SSSR count). The number of aromatic carboxylic acids is 1. The van der Waals surface area contributed by atoms with Crippen LogP contribution in [0.5, 0.6) is 5.75 Å². The van der Waals surface area contributed by atoms with Crippen LogP contribution in [0.1, 0.15) is 36.2 Å². The Kier molecular flexibility index (Phi) is 4.00. The van der Waals surface area contributed by atoms with E-state index in [9.17, 15) is 18.4 Å². The number of rotatable bonds is 5. The molecular formula is C16H16F2N2O4. The topological polar surface area (TPSA) is 94.6 Å². The van der Waals surface area contributed by atoms with E-state index in [0.717, 1.165) is 25.1 Å². The van der Waals surface area contributed by atoms with E-state index in [0.29, 0.717) is 0 Å². The number of halogens is 2. The molecule has 1 aromatic carbocycles. The fourth-order valence-corrected chi connectivity index (χ4v) is 2.56. The summed E-state index contributed by atoms with van der Waals surface area (Å²) in [4.78, 5) is 23.5. The Hall–Kier alpha value is -2.48. The van der Waals surface area contributed by atoms with E-state index >= 15 is 0 Å². The maximum absolute atomic E-state index is 14.8. The highest BCUT2D eigenvalue weighted by Crippen LogP contribution is 2.39. The zero-order valence-electron chi connectivity index (χ0n) is 12.9. The van der Waals surface area contributed by atoms with Gasteiger partial charge in [0, 0.05) is 18.3 Å². The zero-order chi connectivity index (χ0) is 17.6. The molecule has 1 fully saturated rings. The number of aromatic nitrogens is 1. The standard InChI is InChI=1S/C16H16F2N2O4/c1-7(19)6-24-15-11(17)4-9-13(12(15)18)20(8-2-3-8)5-10(14(9)21)16(22)23/h4-5,7-8H,2-3,6,19H2,1H3,(H,22,23)/t7-/m0/s1. The van der Waals surface area contributed by atoms with Crippen LogP contribution in [-0.4, -0.2) is 28.3 Å². The van der Waals surface area contributed by atoms with Crippen LogP contribution >= 0.6 is 0 Å². The number of pyridine rings is 1. The monoisotopic (exact) mass is 338 g/mol. The highest BCUT2D eigenvalue weighted by molar-refractivity contribution is 5.93. The van der Waals surface area contributed by atoms with Crippen molar-refractivity contribution in [1.82, 2.24) is 4.57 Å². The number of nitrogens with two attached hydrogens (primary N) is 1. The molecule has 1 atom stereocenters. The number of carboxylic acid groups (broad SMARTS) is 1. The second-order valence-electron chi connectivity index (χ2n) is 6.00. The lowest BCUT2D eigenvalue weighted by atomic mass is 10.1. The van der Waals surface area contributed by atoms with Gasteiger partial charge >= 0.3 is 5.97 Å². The summed E-state index contributed by atoms with van der Waals surface area (Å²) in [5.74, 6) is -4.14. The van der Waals surface area contributed by atoms with Crippen LogP contribution in [0.15, 0.2) is 17.1 Å². The molecule has 0 bridgehead atoms. The highest BCUT2D eigenvalue weighted by Gasteiger charge is 2.30. The van der Waals surface area contributed by atoms with Gasteiger partial charge in [-0.15, -0.1) is 0 Å². The van der Waals surface area contributed by atoms with Gasteiger partial charge in [-0.05, 0) is 25.8 Å². The van der Waals surface area contributed by atoms with Gasteiger partial charge in [-0.2, -0.15) is 0 Å². The fourth-order valence-electron chi connectivity index (χ4n) is 2.56. The molecule has 3 N–H and O–H groups in total. The SMILES string of the molecule is C[C@H](N)COc1c(F)cc2c(=O)c(C(=O)O)cn(C3CC3)c2c1F. The number of nitrogens with zero attached hydrogens (tertiary/aromatic N) is 1. The van der Waals surface area contributed by atoms with Crippen LogP contribution in [0, 0.1) is 11.6 Å². The van der Waals surface area contributed by atoms with E-state index in [1.165, 1.54) is 4.57 Å². The van der Waals surface area contributed by atoms with Gasteiger partial charge in [-0.1, -0.05) is 0 Å². The minimum Gasteiger partial charge on any atom is -0.486 e. The van der Waals surface area contributed by atoms with Crippen molar-refractivity contribution in [3.05, 3.63) is 39.7 Å². The molecule has 6 nitrogen and oxygen atoms in total. The van der Waals surface area contributed by atoms with E-state index in [1.807, 2.05) is 0 Å². The summed E-state index contributed by atoms with van der Waals surface area (Å²) in [7, 11) is 0. The molecule has 24 heavy (non-hydrogen) atoms. The van der Waals surface area contributed by atoms with Crippen LogP contribution in [0.3, 0.4) is 0 Å². The first-order chi connectivity index (χ1) is 11.3. The number of hydrogen-bond donors (Lipinski definition) is 2. The molecule has 1 aromatic heterocycles. The molecule has 128 valence electrons. The Morgan fingerprint density at radius 3 is 2.71 bits per heavy atom. The van der Waals surface area contributed by atoms with E-state index in [-0.39, 0.29) is 23.6 Å². The molecule has 1 heterocycles. The van der Waals surface area contributed by atoms with Crippen molar-refractivity contribution in [2.24, 2.45) is 5.73 Å². The highest BCUT2D eigenvalue weighted by atomic mass is 19.1. The average molecular weight is 338 g/mol. The Bertz CT molecular complexity index is 888. The Morgan fingerprint density at radius 1 is 1.50 bits per heavy atom. The third-order valence-electron chi connectivity index (χ3n) is 3.83. The van der Waals surface area contributed by atoms with Crippen LogP contribution in [0.2, 0.25) is 0 Å². The van der Waals surface area contributed by atoms with Gasteiger partial charge in [-0.25, -0.2) is 13.6 Å². The third kappa shape index (κ3) is 2.73. The molecule has 1 aliphatic carbocycles. The van der Waals surface area contributed by atoms with Gasteiger partial charge < -0.3 is 20.1 Å². The van der Waals surface area contributed by atoms with Crippen molar-refractivity contribution >= 4 is 16.9 Å². The van der Waals surface area contributed by atoms with Crippen LogP contribution < -0.4 is 15.9 Å². The summed E-state index contributed by atoms with van der Waals surface area (Å²) in [6.45, 7) is 1.52. The minimum atomic E-state index is -1.44. The van der Waals surface area contributed by atoms with Crippen molar-refractivity contribution in [3.8, 4) is 5.75 Å². The number of carbonyl (C=O) groups is 1. The number of fused-ring (bicyclic) bond motifs is 1. The molecule has 1 aliphatic rings. The molecule has 1 saturated carbocycles. The molecule has 8 heteroatoms. The van der Waals surface area contributed by atoms with Crippen LogP contribution in [0.4, 0.5) is 8.78 Å². The first-order valence-corrected chi connectivity index (χ1v) is 7.49. The van der Waals surface area contributed by atoms with Gasteiger partial charge in [0.25, 0.3) is 0 Å². The number of carboxylic acids is 1. The van der Waals surface area contributed by atoms with Gasteiger partial charge in [0.15, 0.2) is 17.4 Å². The first kappa shape index (κ1) is 16.4. The van der Waals surface area contributed by atoms with E-state index in [4.69, 9.17) is 15.6 Å². The van der Waals surface area contributed by atoms with Gasteiger partial charge in [-0.3, -0.25) is 4.79 Å². The predicted molar refractivity (Wildman–Crippen MR) is 82.5 cm³/mol. The smallest absolute Gasteiger partial charge is 0.341 e. The number of benzene rings is 1. The lowest BCUT2D eigenvalue weighted by molar-refractivity contribution is 0.0695. The van der Waals surface area contributed by atoms with Crippen LogP contribution in [-0.2, 0) is 0 Å². The summed E-state index contributed by atoms with van der Waals surface area (Å²) in [5.41, 5.74) is 3.94. The van der Waals surface area contributed by atoms with E-state index in [1.54, 1.807) is 6.92 Å². The molecular weight excluding hydrogens is 322 g/mol. The Balaban J connectivity index is 2.30. The minimum absolute atomic E-state index is 0.0970. The van der Waals surface area contributed by atoms with Crippen LogP contribution in [0.25, 0.3) is 10.9 Å². The van der Waals surface area contributed by atoms with Gasteiger partial charge in [0.1, 0.15) is 12.2 Å². The summed E-state index contributed by atoms with van der Waals surface area (Å²) >= 11 is 0. The Labute approximate surface area is 135 Å². The Morgan fingerprint density at radius 2 is 2.17 bits per heavy atom. The molecule has 0 radical (unpaired) electrons. The van der Waals surface area contributed by atoms with Crippen molar-refractivity contribution in [1.29, 1.82) is 0 Å². The molecule has 0 unspecified atom stereocenters. The molecule has 0 saturated heterocycles. The van der Waals surface area contributed by atoms with E-state index < -0.39 is 40.4 Å². The summed E-state index contributed by atoms with van der Waals surface area (Å²) in [6, 6.07) is 0.273. The quantitative estimate of drug-likeness (QED) is 0.870. The number of hydrogen-bond acceptors (Lipinski definition) is 4. The molecule has 2 aromatic rings. The van der Waals surface area contributed by atoms with Crippen molar-refractivity contribution in [2.45, 2.75) is 31.8 Å². The normalized spacial score (nSPS) is 15.5. The first-order valence-electron chi connectivity index (χ1n) is 7.49. The summed E-state index contributed by atoms with van der Waals surface area (Å²) < 4.78 is 35.5. The summed E-state index contributed by atoms with van der Waals surface area (Å²) in [5, 5.41) is 8.84. The fraction of sp³-hybridized carbons (Fsp3) is 0.375. The maximum Gasteiger partial charge on any atom is 0.341 e. The molecule has 0 aliphatic heterocycles. The van der Waals surface area contributed by atoms with E-state index in [2.05, 4.69) is 0 Å². The van der Waals surface area contributed by atoms with Crippen molar-refractivity contribution in [3.63, 3.8) is 0 Å². The third-order valence-corrected chi connectivity index (χ3v) is 3.83.